The highest BCUT2D eigenvalue weighted by Gasteiger charge is 2.21. The van der Waals surface area contributed by atoms with Gasteiger partial charge in [-0.05, 0) is 39.8 Å². The summed E-state index contributed by atoms with van der Waals surface area (Å²) in [6.07, 6.45) is -1.87. The van der Waals surface area contributed by atoms with Gasteiger partial charge in [-0.1, -0.05) is 18.2 Å². The summed E-state index contributed by atoms with van der Waals surface area (Å²) in [6, 6.07) is 14.7. The summed E-state index contributed by atoms with van der Waals surface area (Å²) in [7, 11) is 1.42. The number of benzene rings is 2. The minimum absolute atomic E-state index is 0.191. The molecule has 0 amide bonds. The van der Waals surface area contributed by atoms with E-state index in [9.17, 15) is 24.8 Å². The van der Waals surface area contributed by atoms with E-state index in [0.29, 0.717) is 64.6 Å². The van der Waals surface area contributed by atoms with Crippen molar-refractivity contribution in [2.45, 2.75) is 50.9 Å². The Kier molecular flexibility index (Phi) is 13.9. The van der Waals surface area contributed by atoms with Crippen LogP contribution in [-0.2, 0) is 10.8 Å². The first-order valence-electron chi connectivity index (χ1n) is 14.8. The number of azo groups is 1. The summed E-state index contributed by atoms with van der Waals surface area (Å²) >= 11 is 0. The van der Waals surface area contributed by atoms with Gasteiger partial charge in [-0.25, -0.2) is 4.98 Å². The highest BCUT2D eigenvalue weighted by Crippen LogP contribution is 2.40. The molecule has 0 bridgehead atoms. The highest BCUT2D eigenvalue weighted by atomic mass is 32.2. The quantitative estimate of drug-likeness (QED) is 0.130. The summed E-state index contributed by atoms with van der Waals surface area (Å²) in [4.78, 5) is 6.89. The molecule has 0 aliphatic carbocycles. The van der Waals surface area contributed by atoms with E-state index in [2.05, 4.69) is 31.9 Å². The largest absolute Gasteiger partial charge is 0.495 e. The zero-order chi connectivity index (χ0) is 33.8. The van der Waals surface area contributed by atoms with Gasteiger partial charge in [0.15, 0.2) is 5.82 Å². The molecular formula is C32H43N7O6S. The van der Waals surface area contributed by atoms with Gasteiger partial charge in [-0.3, -0.25) is 9.11 Å². The average Bonchev–Trinajstić information content (AvgIpc) is 3.01. The molecule has 0 saturated heterocycles. The molecule has 0 radical (unpaired) electrons. The van der Waals surface area contributed by atoms with Crippen molar-refractivity contribution in [1.82, 2.24) is 9.88 Å². The van der Waals surface area contributed by atoms with E-state index in [4.69, 9.17) is 9.47 Å². The monoisotopic (exact) mass is 653 g/mol. The molecule has 4 atom stereocenters. The lowest BCUT2D eigenvalue weighted by Gasteiger charge is -2.24. The van der Waals surface area contributed by atoms with E-state index in [1.165, 1.54) is 14.2 Å². The number of hydrogen-bond donors (Lipinski definition) is 5. The van der Waals surface area contributed by atoms with Crippen molar-refractivity contribution in [3.63, 3.8) is 0 Å². The number of nitrogens with one attached hydrogen (secondary N) is 2. The SMILES string of the molecule is COc1cc(S(=O)CCN(CC(C)O)CC(C)O)c(OC)cc1N=Nc1c(Nc2ccccc2)nc(NCC(C)O)c(C#N)c1C. The van der Waals surface area contributed by atoms with Crippen molar-refractivity contribution >= 4 is 39.5 Å². The lowest BCUT2D eigenvalue weighted by molar-refractivity contribution is 0.0874. The Morgan fingerprint density at radius 3 is 2.20 bits per heavy atom. The first-order valence-corrected chi connectivity index (χ1v) is 16.1. The second-order valence-electron chi connectivity index (χ2n) is 10.9. The van der Waals surface area contributed by atoms with Crippen LogP contribution in [0.15, 0.2) is 57.6 Å². The molecule has 0 aliphatic heterocycles. The van der Waals surface area contributed by atoms with E-state index in [1.807, 2.05) is 35.2 Å². The van der Waals surface area contributed by atoms with E-state index in [1.54, 1.807) is 39.8 Å². The molecule has 4 unspecified atom stereocenters. The molecule has 1 heterocycles. The van der Waals surface area contributed by atoms with E-state index < -0.39 is 29.1 Å². The van der Waals surface area contributed by atoms with Crippen LogP contribution < -0.4 is 20.1 Å². The van der Waals surface area contributed by atoms with Gasteiger partial charge in [-0.15, -0.1) is 10.2 Å². The van der Waals surface area contributed by atoms with Crippen molar-refractivity contribution in [3.8, 4) is 17.6 Å². The first-order chi connectivity index (χ1) is 22.0. The maximum Gasteiger partial charge on any atom is 0.161 e. The minimum atomic E-state index is -1.51. The molecule has 46 heavy (non-hydrogen) atoms. The first kappa shape index (κ1) is 36.3. The topological polar surface area (TPSA) is 185 Å². The van der Waals surface area contributed by atoms with Crippen molar-refractivity contribution in [3.05, 3.63) is 53.6 Å². The third-order valence-electron chi connectivity index (χ3n) is 6.73. The number of aliphatic hydroxyl groups is 3. The fourth-order valence-corrected chi connectivity index (χ4v) is 5.86. The molecule has 3 aromatic rings. The van der Waals surface area contributed by atoms with Crippen molar-refractivity contribution in [2.24, 2.45) is 10.2 Å². The van der Waals surface area contributed by atoms with E-state index >= 15 is 0 Å². The fraction of sp³-hybridized carbons (Fsp3) is 0.438. The summed E-state index contributed by atoms with van der Waals surface area (Å²) in [5.41, 5.74) is 2.11. The number of aliphatic hydroxyl groups excluding tert-OH is 3. The number of para-hydroxylation sites is 1. The summed E-state index contributed by atoms with van der Waals surface area (Å²) < 4.78 is 24.6. The molecule has 3 rings (SSSR count). The molecule has 0 aliphatic rings. The normalized spacial score (nSPS) is 14.0. The molecule has 13 nitrogen and oxygen atoms in total. The molecule has 0 saturated carbocycles. The van der Waals surface area contributed by atoms with Crippen molar-refractivity contribution in [2.75, 3.05) is 56.8 Å². The second-order valence-corrected chi connectivity index (χ2v) is 12.4. The molecule has 0 fully saturated rings. The Bertz CT molecular complexity index is 1530. The number of methoxy groups -OCH3 is 2. The van der Waals surface area contributed by atoms with Crippen LogP contribution in [-0.4, -0.2) is 93.9 Å². The van der Waals surface area contributed by atoms with E-state index in [0.717, 1.165) is 5.69 Å². The molecule has 14 heteroatoms. The Morgan fingerprint density at radius 1 is 0.978 bits per heavy atom. The lowest BCUT2D eigenvalue weighted by atomic mass is 10.1. The van der Waals surface area contributed by atoms with Crippen LogP contribution in [0, 0.1) is 18.3 Å². The second kappa shape index (κ2) is 17.5. The number of aromatic nitrogens is 1. The Balaban J connectivity index is 2.01. The summed E-state index contributed by atoms with van der Waals surface area (Å²) in [5.74, 6) is 1.48. The Labute approximate surface area is 272 Å². The van der Waals surface area contributed by atoms with Crippen LogP contribution in [0.1, 0.15) is 31.9 Å². The number of ether oxygens (including phenoxy) is 2. The molecule has 1 aromatic heterocycles. The summed E-state index contributed by atoms with van der Waals surface area (Å²) in [6.45, 7) is 7.93. The van der Waals surface area contributed by atoms with Crippen LogP contribution in [0.3, 0.4) is 0 Å². The van der Waals surface area contributed by atoms with Crippen molar-refractivity contribution < 1.29 is 29.0 Å². The van der Waals surface area contributed by atoms with Crippen LogP contribution >= 0.6 is 0 Å². The van der Waals surface area contributed by atoms with Gasteiger partial charge in [0.2, 0.25) is 0 Å². The van der Waals surface area contributed by atoms with E-state index in [-0.39, 0.29) is 17.9 Å². The molecule has 0 spiro atoms. The van der Waals surface area contributed by atoms with Crippen LogP contribution in [0.25, 0.3) is 0 Å². The maximum atomic E-state index is 13.4. The molecule has 248 valence electrons. The minimum Gasteiger partial charge on any atom is -0.495 e. The average molecular weight is 654 g/mol. The highest BCUT2D eigenvalue weighted by molar-refractivity contribution is 7.85. The smallest absolute Gasteiger partial charge is 0.161 e. The number of nitriles is 1. The molecule has 5 N–H and O–H groups in total. The molecule has 2 aromatic carbocycles. The predicted octanol–water partition coefficient (Wildman–Crippen LogP) is 4.40. The maximum absolute atomic E-state index is 13.4. The van der Waals surface area contributed by atoms with Crippen molar-refractivity contribution in [1.29, 1.82) is 5.26 Å². The summed E-state index contributed by atoms with van der Waals surface area (Å²) in [5, 5.41) is 54.7. The number of hydrogen-bond acceptors (Lipinski definition) is 13. The number of anilines is 3. The Hall–Kier alpha value is -4.13. The molecular weight excluding hydrogens is 610 g/mol. The Morgan fingerprint density at radius 2 is 1.63 bits per heavy atom. The zero-order valence-electron chi connectivity index (χ0n) is 27.0. The zero-order valence-corrected chi connectivity index (χ0v) is 27.8. The fourth-order valence-electron chi connectivity index (χ4n) is 4.61. The number of nitrogens with zero attached hydrogens (tertiary/aromatic N) is 5. The number of rotatable bonds is 17. The van der Waals surface area contributed by atoms with Gasteiger partial charge in [0, 0.05) is 55.3 Å². The number of pyridine rings is 1. The third-order valence-corrected chi connectivity index (χ3v) is 8.10. The van der Waals surface area contributed by atoms with Gasteiger partial charge < -0.3 is 35.4 Å². The van der Waals surface area contributed by atoms with Gasteiger partial charge in [0.1, 0.15) is 34.8 Å². The predicted molar refractivity (Wildman–Crippen MR) is 178 cm³/mol. The van der Waals surface area contributed by atoms with Gasteiger partial charge in [-0.2, -0.15) is 5.26 Å². The van der Waals surface area contributed by atoms with Crippen LogP contribution in [0.5, 0.6) is 11.5 Å². The standard InChI is InChI=1S/C32H43N7O6S/c1-20(40)17-34-31-25(16-33)23(4)30(32(36-31)35-24-10-8-7-9-11-24)38-37-26-14-28(45-6)29(15-27(26)44-5)46(43)13-12-39(18-21(2)41)19-22(3)42/h7-11,14-15,20-22,40-42H,12-13,17-19H2,1-6H3,(H2,34,35,36). The van der Waals surface area contributed by atoms with Gasteiger partial charge >= 0.3 is 0 Å². The van der Waals surface area contributed by atoms with Gasteiger partial charge in [0.05, 0.1) is 53.8 Å². The van der Waals surface area contributed by atoms with Gasteiger partial charge in [0.25, 0.3) is 0 Å². The van der Waals surface area contributed by atoms with Crippen LogP contribution in [0.4, 0.5) is 28.7 Å². The lowest BCUT2D eigenvalue weighted by Crippen LogP contribution is -2.38. The van der Waals surface area contributed by atoms with Crippen LogP contribution in [0.2, 0.25) is 0 Å². The third kappa shape index (κ3) is 10.2.